The Morgan fingerprint density at radius 1 is 1.06 bits per heavy atom. The van der Waals surface area contributed by atoms with Crippen molar-refractivity contribution >= 4 is 48.6 Å². The fourth-order valence-corrected chi connectivity index (χ4v) is 5.40. The van der Waals surface area contributed by atoms with Crippen LogP contribution in [0.4, 0.5) is 0 Å². The average molecular weight is 467 g/mol. The summed E-state index contributed by atoms with van der Waals surface area (Å²) in [6, 6.07) is 17.4. The Labute approximate surface area is 197 Å². The van der Waals surface area contributed by atoms with Crippen LogP contribution < -0.4 is 5.56 Å². The third-order valence-electron chi connectivity index (χ3n) is 5.80. The van der Waals surface area contributed by atoms with Crippen LogP contribution in [0, 0.1) is 0 Å². The molecule has 0 aliphatic rings. The molecule has 166 valence electrons. The normalized spacial score (nSPS) is 11.4. The molecule has 6 rings (SSSR count). The van der Waals surface area contributed by atoms with E-state index in [1.54, 1.807) is 6.92 Å². The standard InChI is InChI=1S/C26H18N4O3S/c1-2-33-26(32)20-18(16-12-27-17-11-7-6-10-15(16)17)19-22-23(24(31)29-13-28-22)34-25(19)30-21(20)14-8-4-3-5-9-14/h3-13,27H,2H2,1H3,(H,28,29,31). The van der Waals surface area contributed by atoms with Gasteiger partial charge in [0, 0.05) is 39.2 Å². The first kappa shape index (κ1) is 20.3. The molecule has 0 saturated carbocycles. The lowest BCUT2D eigenvalue weighted by Gasteiger charge is -2.15. The number of rotatable bonds is 4. The average Bonchev–Trinajstić information content (AvgIpc) is 3.46. The number of ether oxygens (including phenoxy) is 1. The SMILES string of the molecule is CCOC(=O)c1c(-c2ccccc2)nc2sc3c(=O)[nH]cnc3c2c1-c1c[nH]c2ccccc12. The number of thiophene rings is 1. The predicted molar refractivity (Wildman–Crippen MR) is 134 cm³/mol. The van der Waals surface area contributed by atoms with E-state index in [4.69, 9.17) is 9.72 Å². The number of aromatic amines is 2. The molecular weight excluding hydrogens is 448 g/mol. The van der Waals surface area contributed by atoms with Crippen molar-refractivity contribution in [2.75, 3.05) is 6.61 Å². The number of hydrogen-bond acceptors (Lipinski definition) is 6. The first-order valence-corrected chi connectivity index (χ1v) is 11.6. The lowest BCUT2D eigenvalue weighted by Crippen LogP contribution is -2.10. The summed E-state index contributed by atoms with van der Waals surface area (Å²) in [6.07, 6.45) is 3.26. The van der Waals surface area contributed by atoms with Crippen LogP contribution in [0.3, 0.4) is 0 Å². The molecule has 7 nitrogen and oxygen atoms in total. The van der Waals surface area contributed by atoms with Crippen LogP contribution in [-0.4, -0.2) is 32.5 Å². The number of benzene rings is 2. The Morgan fingerprint density at radius 3 is 2.68 bits per heavy atom. The Hall–Kier alpha value is -4.30. The van der Waals surface area contributed by atoms with Crippen molar-refractivity contribution in [2.45, 2.75) is 6.92 Å². The number of hydrogen-bond donors (Lipinski definition) is 2. The topological polar surface area (TPSA) is 101 Å². The van der Waals surface area contributed by atoms with Crippen LogP contribution in [-0.2, 0) is 4.74 Å². The minimum atomic E-state index is -0.472. The van der Waals surface area contributed by atoms with Gasteiger partial charge in [0.2, 0.25) is 0 Å². The van der Waals surface area contributed by atoms with Gasteiger partial charge >= 0.3 is 5.97 Å². The molecule has 0 fully saturated rings. The second kappa shape index (κ2) is 7.93. The maximum absolute atomic E-state index is 13.5. The Morgan fingerprint density at radius 2 is 1.85 bits per heavy atom. The van der Waals surface area contributed by atoms with Gasteiger partial charge in [0.25, 0.3) is 5.56 Å². The smallest absolute Gasteiger partial charge is 0.341 e. The lowest BCUT2D eigenvalue weighted by molar-refractivity contribution is 0.0528. The first-order valence-electron chi connectivity index (χ1n) is 10.8. The summed E-state index contributed by atoms with van der Waals surface area (Å²) in [6.45, 7) is 2.00. The van der Waals surface area contributed by atoms with Crippen LogP contribution in [0.25, 0.3) is 53.7 Å². The van der Waals surface area contributed by atoms with E-state index in [0.717, 1.165) is 22.0 Å². The maximum atomic E-state index is 13.5. The highest BCUT2D eigenvalue weighted by Crippen LogP contribution is 2.44. The van der Waals surface area contributed by atoms with Crippen LogP contribution >= 0.6 is 11.3 Å². The third-order valence-corrected chi connectivity index (χ3v) is 6.87. The largest absolute Gasteiger partial charge is 0.462 e. The molecule has 4 aromatic heterocycles. The second-order valence-corrected chi connectivity index (χ2v) is 8.74. The summed E-state index contributed by atoms with van der Waals surface area (Å²) in [7, 11) is 0. The first-order chi connectivity index (χ1) is 16.7. The van der Waals surface area contributed by atoms with E-state index in [9.17, 15) is 9.59 Å². The van der Waals surface area contributed by atoms with E-state index in [1.165, 1.54) is 17.7 Å². The van der Waals surface area contributed by atoms with E-state index in [2.05, 4.69) is 15.0 Å². The molecule has 0 unspecified atom stereocenters. The van der Waals surface area contributed by atoms with Crippen LogP contribution in [0.2, 0.25) is 0 Å². The Bertz CT molecular complexity index is 1770. The van der Waals surface area contributed by atoms with E-state index in [0.29, 0.717) is 37.3 Å². The van der Waals surface area contributed by atoms with Gasteiger partial charge in [0.1, 0.15) is 9.53 Å². The van der Waals surface area contributed by atoms with Gasteiger partial charge in [0.05, 0.1) is 29.7 Å². The molecule has 0 aliphatic carbocycles. The molecule has 2 aromatic carbocycles. The number of esters is 1. The van der Waals surface area contributed by atoms with Gasteiger partial charge in [-0.1, -0.05) is 48.5 Å². The molecule has 4 heterocycles. The van der Waals surface area contributed by atoms with Crippen molar-refractivity contribution in [1.29, 1.82) is 0 Å². The molecule has 0 aliphatic heterocycles. The van der Waals surface area contributed by atoms with Crippen LogP contribution in [0.15, 0.2) is 71.9 Å². The zero-order chi connectivity index (χ0) is 23.2. The zero-order valence-corrected chi connectivity index (χ0v) is 18.9. The molecule has 6 aromatic rings. The van der Waals surface area contributed by atoms with Gasteiger partial charge in [-0.05, 0) is 13.0 Å². The zero-order valence-electron chi connectivity index (χ0n) is 18.1. The fraction of sp³-hybridized carbons (Fsp3) is 0.0769. The van der Waals surface area contributed by atoms with E-state index in [1.807, 2.05) is 60.8 Å². The van der Waals surface area contributed by atoms with Gasteiger partial charge in [0.15, 0.2) is 0 Å². The summed E-state index contributed by atoms with van der Waals surface area (Å²) >= 11 is 1.27. The van der Waals surface area contributed by atoms with E-state index >= 15 is 0 Å². The number of pyridine rings is 1. The fourth-order valence-electron chi connectivity index (χ4n) is 4.37. The van der Waals surface area contributed by atoms with Crippen molar-refractivity contribution in [3.63, 3.8) is 0 Å². The van der Waals surface area contributed by atoms with Gasteiger partial charge in [-0.15, -0.1) is 11.3 Å². The number of nitrogens with one attached hydrogen (secondary N) is 2. The highest BCUT2D eigenvalue weighted by molar-refractivity contribution is 7.25. The predicted octanol–water partition coefficient (Wildman–Crippen LogP) is 5.52. The molecule has 34 heavy (non-hydrogen) atoms. The minimum absolute atomic E-state index is 0.223. The number of nitrogens with zero attached hydrogens (tertiary/aromatic N) is 2. The summed E-state index contributed by atoms with van der Waals surface area (Å²) in [4.78, 5) is 42.1. The lowest BCUT2D eigenvalue weighted by atomic mass is 9.93. The number of carbonyl (C=O) groups excluding carboxylic acids is 1. The Balaban J connectivity index is 1.86. The van der Waals surface area contributed by atoms with Crippen molar-refractivity contribution in [2.24, 2.45) is 0 Å². The summed E-state index contributed by atoms with van der Waals surface area (Å²) < 4.78 is 5.99. The van der Waals surface area contributed by atoms with Crippen molar-refractivity contribution < 1.29 is 9.53 Å². The van der Waals surface area contributed by atoms with Gasteiger partial charge in [-0.3, -0.25) is 4.79 Å². The number of para-hydroxylation sites is 1. The highest BCUT2D eigenvalue weighted by Gasteiger charge is 2.28. The molecule has 0 radical (unpaired) electrons. The monoisotopic (exact) mass is 466 g/mol. The molecule has 0 amide bonds. The number of carbonyl (C=O) groups is 1. The number of H-pyrrole nitrogens is 2. The number of aromatic nitrogens is 4. The summed E-state index contributed by atoms with van der Waals surface area (Å²) in [5, 5.41) is 1.61. The highest BCUT2D eigenvalue weighted by atomic mass is 32.1. The van der Waals surface area contributed by atoms with Gasteiger partial charge < -0.3 is 14.7 Å². The van der Waals surface area contributed by atoms with Crippen LogP contribution in [0.5, 0.6) is 0 Å². The molecule has 8 heteroatoms. The summed E-state index contributed by atoms with van der Waals surface area (Å²) in [5.41, 5.74) is 4.34. The van der Waals surface area contributed by atoms with Crippen LogP contribution in [0.1, 0.15) is 17.3 Å². The summed E-state index contributed by atoms with van der Waals surface area (Å²) in [5.74, 6) is -0.472. The van der Waals surface area contributed by atoms with Gasteiger partial charge in [-0.25, -0.2) is 14.8 Å². The van der Waals surface area contributed by atoms with E-state index < -0.39 is 5.97 Å². The third kappa shape index (κ3) is 3.03. The minimum Gasteiger partial charge on any atom is -0.462 e. The Kier molecular flexibility index (Phi) is 4.74. The number of fused-ring (bicyclic) bond motifs is 4. The maximum Gasteiger partial charge on any atom is 0.341 e. The van der Waals surface area contributed by atoms with Crippen molar-refractivity contribution in [1.82, 2.24) is 19.9 Å². The molecule has 0 atom stereocenters. The van der Waals surface area contributed by atoms with E-state index in [-0.39, 0.29) is 12.2 Å². The van der Waals surface area contributed by atoms with Crippen molar-refractivity contribution in [3.05, 3.63) is 83.0 Å². The molecule has 2 N–H and O–H groups in total. The molecule has 0 spiro atoms. The molecule has 0 bridgehead atoms. The second-order valence-electron chi connectivity index (χ2n) is 7.74. The molecular formula is C26H18N4O3S. The van der Waals surface area contributed by atoms with Gasteiger partial charge in [-0.2, -0.15) is 0 Å². The van der Waals surface area contributed by atoms with Crippen molar-refractivity contribution in [3.8, 4) is 22.4 Å². The molecule has 0 saturated heterocycles. The quantitative estimate of drug-likeness (QED) is 0.333.